The van der Waals surface area contributed by atoms with Gasteiger partial charge in [-0.15, -0.1) is 0 Å². The molecule has 0 heterocycles. The molecule has 0 spiro atoms. The molecule has 0 rings (SSSR count). The van der Waals surface area contributed by atoms with Gasteiger partial charge < -0.3 is 10.7 Å². The van der Waals surface area contributed by atoms with Crippen LogP contribution in [0.25, 0.3) is 0 Å². The van der Waals surface area contributed by atoms with E-state index in [9.17, 15) is 0 Å². The van der Waals surface area contributed by atoms with Crippen LogP contribution < -0.4 is 5.32 Å². The highest BCUT2D eigenvalue weighted by atomic mass is 14.8. The largest absolute Gasteiger partial charge is 0.317 e. The van der Waals surface area contributed by atoms with Crippen LogP contribution in [0.1, 0.15) is 39.0 Å². The van der Waals surface area contributed by atoms with E-state index >= 15 is 0 Å². The molecule has 0 fully saturated rings. The Morgan fingerprint density at radius 3 is 2.64 bits per heavy atom. The number of unbranched alkanes of at least 4 members (excludes halogenated alkanes) is 3. The van der Waals surface area contributed by atoms with Crippen LogP contribution in [0.5, 0.6) is 0 Å². The molecule has 2 nitrogen and oxygen atoms in total. The van der Waals surface area contributed by atoms with Crippen molar-refractivity contribution in [1.29, 1.82) is 5.41 Å². The highest BCUT2D eigenvalue weighted by Crippen LogP contribution is 1.95. The van der Waals surface area contributed by atoms with Crippen LogP contribution in [0.2, 0.25) is 0 Å². The van der Waals surface area contributed by atoms with Crippen LogP contribution in [0, 0.1) is 5.41 Å². The second kappa shape index (κ2) is 9.63. The van der Waals surface area contributed by atoms with Gasteiger partial charge in [-0.25, -0.2) is 0 Å². The average molecular weight is 156 g/mol. The first-order valence-corrected chi connectivity index (χ1v) is 4.61. The summed E-state index contributed by atoms with van der Waals surface area (Å²) in [5.74, 6) is 0. The predicted octanol–water partition coefficient (Wildman–Crippen LogP) is 2.20. The zero-order valence-corrected chi connectivity index (χ0v) is 7.53. The monoisotopic (exact) mass is 156 g/mol. The first-order valence-electron chi connectivity index (χ1n) is 4.61. The van der Waals surface area contributed by atoms with Crippen molar-refractivity contribution < 1.29 is 0 Å². The summed E-state index contributed by atoms with van der Waals surface area (Å²) in [6, 6.07) is 0. The van der Waals surface area contributed by atoms with Crippen LogP contribution in [0.15, 0.2) is 0 Å². The van der Waals surface area contributed by atoms with Crippen molar-refractivity contribution in [1.82, 2.24) is 5.32 Å². The summed E-state index contributed by atoms with van der Waals surface area (Å²) >= 11 is 0. The Labute approximate surface area is 69.9 Å². The van der Waals surface area contributed by atoms with E-state index in [1.165, 1.54) is 31.9 Å². The summed E-state index contributed by atoms with van der Waals surface area (Å²) in [6.45, 7) is 4.47. The maximum atomic E-state index is 6.81. The molecule has 0 unspecified atom stereocenters. The van der Waals surface area contributed by atoms with Gasteiger partial charge in [0.1, 0.15) is 0 Å². The van der Waals surface area contributed by atoms with Crippen LogP contribution in [0.4, 0.5) is 0 Å². The van der Waals surface area contributed by atoms with Gasteiger partial charge in [0, 0.05) is 0 Å². The highest BCUT2D eigenvalue weighted by molar-refractivity contribution is 5.52. The molecule has 2 heteroatoms. The highest BCUT2D eigenvalue weighted by Gasteiger charge is 1.87. The molecule has 0 atom stereocenters. The summed E-state index contributed by atoms with van der Waals surface area (Å²) < 4.78 is 0. The summed E-state index contributed by atoms with van der Waals surface area (Å²) in [6.07, 6.45) is 7.37. The quantitative estimate of drug-likeness (QED) is 0.410. The molecular weight excluding hydrogens is 136 g/mol. The fraction of sp³-hybridized carbons (Fsp3) is 0.889. The van der Waals surface area contributed by atoms with Crippen molar-refractivity contribution >= 4 is 6.21 Å². The Hall–Kier alpha value is -0.370. The third kappa shape index (κ3) is 9.63. The maximum Gasteiger partial charge on any atom is -0.00477 e. The summed E-state index contributed by atoms with van der Waals surface area (Å²) in [4.78, 5) is 0. The molecule has 0 saturated heterocycles. The topological polar surface area (TPSA) is 35.9 Å². The lowest BCUT2D eigenvalue weighted by Gasteiger charge is -2.00. The first-order chi connectivity index (χ1) is 5.41. The molecular formula is C9H20N2. The smallest absolute Gasteiger partial charge is 0.00477 e. The van der Waals surface area contributed by atoms with Crippen molar-refractivity contribution in [3.63, 3.8) is 0 Å². The molecule has 0 aromatic rings. The third-order valence-corrected chi connectivity index (χ3v) is 1.63. The first kappa shape index (κ1) is 10.6. The van der Waals surface area contributed by atoms with Gasteiger partial charge in [0.2, 0.25) is 0 Å². The van der Waals surface area contributed by atoms with E-state index < -0.39 is 0 Å². The molecule has 0 aliphatic rings. The molecule has 2 N–H and O–H groups in total. The summed E-state index contributed by atoms with van der Waals surface area (Å²) in [7, 11) is 0. The van der Waals surface area contributed by atoms with Gasteiger partial charge in [-0.05, 0) is 45.0 Å². The Bertz CT molecular complexity index is 81.6. The van der Waals surface area contributed by atoms with Gasteiger partial charge in [-0.3, -0.25) is 0 Å². The number of nitrogens with one attached hydrogen (secondary N) is 2. The molecule has 0 aromatic heterocycles. The van der Waals surface area contributed by atoms with E-state index in [1.807, 2.05) is 0 Å². The molecule has 0 aromatic carbocycles. The molecule has 0 radical (unpaired) electrons. The Kier molecular flexibility index (Phi) is 9.31. The average Bonchev–Trinajstić information content (AvgIpc) is 2.03. The van der Waals surface area contributed by atoms with Crippen LogP contribution in [-0.4, -0.2) is 19.3 Å². The zero-order valence-electron chi connectivity index (χ0n) is 7.53. The molecule has 0 saturated carbocycles. The minimum Gasteiger partial charge on any atom is -0.317 e. The SMILES string of the molecule is CCCNCCCCCC=N. The molecule has 0 aliphatic carbocycles. The Morgan fingerprint density at radius 1 is 1.18 bits per heavy atom. The minimum atomic E-state index is 0.952. The summed E-state index contributed by atoms with van der Waals surface area (Å²) in [5, 5.41) is 10.2. The van der Waals surface area contributed by atoms with Crippen molar-refractivity contribution in [2.75, 3.05) is 13.1 Å². The van der Waals surface area contributed by atoms with Gasteiger partial charge in [0.25, 0.3) is 0 Å². The van der Waals surface area contributed by atoms with Crippen molar-refractivity contribution in [2.24, 2.45) is 0 Å². The minimum absolute atomic E-state index is 0.952. The van der Waals surface area contributed by atoms with E-state index in [2.05, 4.69) is 12.2 Å². The molecule has 0 amide bonds. The lowest BCUT2D eigenvalue weighted by molar-refractivity contribution is 0.605. The fourth-order valence-corrected chi connectivity index (χ4v) is 0.975. The van der Waals surface area contributed by atoms with E-state index in [4.69, 9.17) is 5.41 Å². The Balaban J connectivity index is 2.74. The number of hydrogen-bond donors (Lipinski definition) is 2. The standard InChI is InChI=1S/C9H20N2/c1-2-8-11-9-6-4-3-5-7-10/h7,10-11H,2-6,8-9H2,1H3. The van der Waals surface area contributed by atoms with E-state index in [1.54, 1.807) is 0 Å². The van der Waals surface area contributed by atoms with Crippen LogP contribution in [-0.2, 0) is 0 Å². The molecule has 0 aliphatic heterocycles. The number of rotatable bonds is 8. The molecule has 0 bridgehead atoms. The van der Waals surface area contributed by atoms with Gasteiger partial charge >= 0.3 is 0 Å². The van der Waals surface area contributed by atoms with Crippen LogP contribution >= 0.6 is 0 Å². The van der Waals surface area contributed by atoms with Gasteiger partial charge in [0.05, 0.1) is 0 Å². The van der Waals surface area contributed by atoms with Crippen LogP contribution in [0.3, 0.4) is 0 Å². The van der Waals surface area contributed by atoms with Crippen molar-refractivity contribution in [3.8, 4) is 0 Å². The normalized spacial score (nSPS) is 9.91. The van der Waals surface area contributed by atoms with Gasteiger partial charge in [-0.2, -0.15) is 0 Å². The van der Waals surface area contributed by atoms with E-state index in [0.29, 0.717) is 0 Å². The second-order valence-electron chi connectivity index (χ2n) is 2.80. The lowest BCUT2D eigenvalue weighted by Crippen LogP contribution is -2.15. The predicted molar refractivity (Wildman–Crippen MR) is 50.4 cm³/mol. The van der Waals surface area contributed by atoms with E-state index in [-0.39, 0.29) is 0 Å². The maximum absolute atomic E-state index is 6.81. The Morgan fingerprint density at radius 2 is 2.00 bits per heavy atom. The van der Waals surface area contributed by atoms with E-state index in [0.717, 1.165) is 19.5 Å². The van der Waals surface area contributed by atoms with Gasteiger partial charge in [-0.1, -0.05) is 13.3 Å². The summed E-state index contributed by atoms with van der Waals surface area (Å²) in [5.41, 5.74) is 0. The number of hydrogen-bond acceptors (Lipinski definition) is 2. The zero-order chi connectivity index (χ0) is 8.36. The van der Waals surface area contributed by atoms with Gasteiger partial charge in [0.15, 0.2) is 0 Å². The van der Waals surface area contributed by atoms with Crippen molar-refractivity contribution in [3.05, 3.63) is 0 Å². The fourth-order valence-electron chi connectivity index (χ4n) is 0.975. The third-order valence-electron chi connectivity index (χ3n) is 1.63. The molecule has 11 heavy (non-hydrogen) atoms. The molecule has 66 valence electrons. The second-order valence-corrected chi connectivity index (χ2v) is 2.80. The lowest BCUT2D eigenvalue weighted by atomic mass is 10.2. The van der Waals surface area contributed by atoms with Crippen molar-refractivity contribution in [2.45, 2.75) is 39.0 Å².